The second-order valence-corrected chi connectivity index (χ2v) is 12.5. The molecule has 2 heterocycles. The molecule has 0 unspecified atom stereocenters. The normalized spacial score (nSPS) is 31.3. The predicted molar refractivity (Wildman–Crippen MR) is 168 cm³/mol. The summed E-state index contributed by atoms with van der Waals surface area (Å²) >= 11 is 0. The highest BCUT2D eigenvalue weighted by molar-refractivity contribution is 5.66. The molecular weight excluding hydrogens is 620 g/mol. The van der Waals surface area contributed by atoms with E-state index >= 15 is 0 Å². The summed E-state index contributed by atoms with van der Waals surface area (Å²) in [4.78, 5) is 21.8. The van der Waals surface area contributed by atoms with Crippen LogP contribution in [0.1, 0.15) is 90.4 Å². The lowest BCUT2D eigenvalue weighted by Crippen LogP contribution is -2.60. The molecule has 2 aliphatic rings. The van der Waals surface area contributed by atoms with Gasteiger partial charge in [0.15, 0.2) is 6.29 Å². The number of aliphatic carboxylic acids is 1. The third-order valence-corrected chi connectivity index (χ3v) is 8.59. The minimum Gasteiger partial charge on any atom is -0.481 e. The number of hydrogen-bond donors (Lipinski definition) is 7. The number of unbranched alkanes of at least 4 members (excludes halogenated alkanes) is 10. The van der Waals surface area contributed by atoms with Gasteiger partial charge in [0.05, 0.1) is 31.8 Å². The zero-order chi connectivity index (χ0) is 34.6. The van der Waals surface area contributed by atoms with Crippen molar-refractivity contribution in [2.45, 2.75) is 146 Å². The number of aliphatic hydroxyl groups excluding tert-OH is 6. The molecule has 0 aromatic rings. The van der Waals surface area contributed by atoms with Gasteiger partial charge in [-0.05, 0) is 38.5 Å². The van der Waals surface area contributed by atoms with E-state index in [4.69, 9.17) is 28.8 Å². The molecule has 14 nitrogen and oxygen atoms in total. The minimum absolute atomic E-state index is 0.168. The van der Waals surface area contributed by atoms with Crippen LogP contribution in [0.5, 0.6) is 0 Å². The molecule has 0 amide bonds. The first-order valence-electron chi connectivity index (χ1n) is 17.1. The molecule has 10 atom stereocenters. The van der Waals surface area contributed by atoms with Crippen LogP contribution in [0.3, 0.4) is 0 Å². The lowest BCUT2D eigenvalue weighted by atomic mass is 9.91. The van der Waals surface area contributed by atoms with Crippen LogP contribution in [0.25, 0.3) is 0 Å². The van der Waals surface area contributed by atoms with Gasteiger partial charge in [-0.1, -0.05) is 50.7 Å². The molecule has 0 saturated carbocycles. The van der Waals surface area contributed by atoms with Gasteiger partial charge in [0.2, 0.25) is 0 Å². The molecular formula is C33H58O14. The summed E-state index contributed by atoms with van der Waals surface area (Å²) in [6, 6.07) is 0. The highest BCUT2D eigenvalue weighted by Crippen LogP contribution is 2.29. The number of carbonyl (C=O) groups is 2. The number of allylic oxidation sites excluding steroid dienone is 2. The van der Waals surface area contributed by atoms with Crippen molar-refractivity contribution in [3.63, 3.8) is 0 Å². The van der Waals surface area contributed by atoms with E-state index in [9.17, 15) is 40.2 Å². The molecule has 2 saturated heterocycles. The SMILES string of the molecule is CC(=O)OC[C@H]1O[C@@H](OCCCCCCC/C=C/CCCCCCCC(=O)O)[C@H](COC[C@@H]2O[C@H](CO)[C@@H](O)[C@H](O)[C@H]2O)[C@@H](O)[C@@H]1O. The molecule has 0 aromatic carbocycles. The van der Waals surface area contributed by atoms with Crippen molar-refractivity contribution >= 4 is 11.9 Å². The van der Waals surface area contributed by atoms with Gasteiger partial charge in [0, 0.05) is 20.0 Å². The fraction of sp³-hybridized carbons (Fsp3) is 0.879. The van der Waals surface area contributed by atoms with Gasteiger partial charge in [-0.2, -0.15) is 0 Å². The Morgan fingerprint density at radius 1 is 0.660 bits per heavy atom. The smallest absolute Gasteiger partial charge is 0.303 e. The van der Waals surface area contributed by atoms with E-state index in [2.05, 4.69) is 12.2 Å². The van der Waals surface area contributed by atoms with Crippen LogP contribution in [0, 0.1) is 5.92 Å². The lowest BCUT2D eigenvalue weighted by Gasteiger charge is -2.43. The van der Waals surface area contributed by atoms with Crippen LogP contribution in [0.15, 0.2) is 12.2 Å². The summed E-state index contributed by atoms with van der Waals surface area (Å²) in [7, 11) is 0. The molecule has 0 radical (unpaired) electrons. The topological polar surface area (TPSA) is 222 Å². The maximum absolute atomic E-state index is 11.3. The van der Waals surface area contributed by atoms with E-state index < -0.39 is 79.6 Å². The monoisotopic (exact) mass is 678 g/mol. The van der Waals surface area contributed by atoms with Gasteiger partial charge in [-0.25, -0.2) is 0 Å². The zero-order valence-corrected chi connectivity index (χ0v) is 27.6. The van der Waals surface area contributed by atoms with Crippen molar-refractivity contribution in [1.82, 2.24) is 0 Å². The van der Waals surface area contributed by atoms with E-state index in [1.807, 2.05) is 0 Å². The fourth-order valence-electron chi connectivity index (χ4n) is 5.70. The van der Waals surface area contributed by atoms with E-state index in [1.54, 1.807) is 0 Å². The Bertz CT molecular complexity index is 885. The average Bonchev–Trinajstić information content (AvgIpc) is 3.04. The molecule has 0 bridgehead atoms. The van der Waals surface area contributed by atoms with E-state index in [1.165, 1.54) is 6.92 Å². The second kappa shape index (κ2) is 23.6. The Labute approximate surface area is 277 Å². The molecule has 47 heavy (non-hydrogen) atoms. The number of rotatable bonds is 24. The summed E-state index contributed by atoms with van der Waals surface area (Å²) in [5.41, 5.74) is 0. The molecule has 14 heteroatoms. The highest BCUT2D eigenvalue weighted by Gasteiger charge is 2.47. The Hall–Kier alpha value is -1.72. The fourth-order valence-corrected chi connectivity index (χ4v) is 5.70. The van der Waals surface area contributed by atoms with E-state index in [0.29, 0.717) is 6.61 Å². The molecule has 2 rings (SSSR count). The highest BCUT2D eigenvalue weighted by atomic mass is 16.7. The van der Waals surface area contributed by atoms with E-state index in [-0.39, 0.29) is 26.2 Å². The van der Waals surface area contributed by atoms with Gasteiger partial charge in [0.1, 0.15) is 49.3 Å². The molecule has 274 valence electrons. The Kier molecular flexibility index (Phi) is 20.8. The Morgan fingerprint density at radius 2 is 1.21 bits per heavy atom. The number of carboxylic acid groups (broad SMARTS) is 1. The average molecular weight is 679 g/mol. The van der Waals surface area contributed by atoms with Crippen LogP contribution in [-0.2, 0) is 33.3 Å². The first kappa shape index (κ1) is 41.5. The van der Waals surface area contributed by atoms with E-state index in [0.717, 1.165) is 77.0 Å². The van der Waals surface area contributed by atoms with Crippen LogP contribution in [-0.4, -0.2) is 136 Å². The molecule has 0 spiro atoms. The van der Waals surface area contributed by atoms with Gasteiger partial charge in [-0.15, -0.1) is 0 Å². The quantitative estimate of drug-likeness (QED) is 0.0433. The van der Waals surface area contributed by atoms with Crippen molar-refractivity contribution in [3.05, 3.63) is 12.2 Å². The standard InChI is InChI=1S/C33H58O14/c1-22(35)45-21-26-30(40)28(38)23(19-43-20-25-31(41)32(42)29(39)24(18-34)46-25)33(47-26)44-17-15-13-11-9-7-5-3-2-4-6-8-10-12-14-16-27(36)37/h2-3,23-26,28-34,38-42H,4-21H2,1H3,(H,36,37)/b3-2+/t23-,24-,25+,26-,28-,29-,30-,31+,32+,33-/m1/s1. The van der Waals surface area contributed by atoms with Crippen molar-refractivity contribution < 1.29 is 69.0 Å². The van der Waals surface area contributed by atoms with Gasteiger partial charge in [-0.3, -0.25) is 9.59 Å². The first-order valence-corrected chi connectivity index (χ1v) is 17.1. The summed E-state index contributed by atoms with van der Waals surface area (Å²) in [6.07, 6.45) is 5.33. The number of aliphatic hydroxyl groups is 6. The summed E-state index contributed by atoms with van der Waals surface area (Å²) < 4.78 is 28.0. The number of carbonyl (C=O) groups excluding carboxylic acids is 1. The maximum atomic E-state index is 11.3. The number of ether oxygens (including phenoxy) is 5. The maximum Gasteiger partial charge on any atom is 0.303 e. The predicted octanol–water partition coefficient (Wildman–Crippen LogP) is 1.20. The lowest BCUT2D eigenvalue weighted by molar-refractivity contribution is -0.295. The van der Waals surface area contributed by atoms with Crippen molar-refractivity contribution in [3.8, 4) is 0 Å². The molecule has 2 aliphatic heterocycles. The molecule has 7 N–H and O–H groups in total. The number of carboxylic acids is 1. The van der Waals surface area contributed by atoms with Crippen molar-refractivity contribution in [1.29, 1.82) is 0 Å². The van der Waals surface area contributed by atoms with Gasteiger partial charge < -0.3 is 59.4 Å². The van der Waals surface area contributed by atoms with Crippen molar-refractivity contribution in [2.24, 2.45) is 5.92 Å². The first-order chi connectivity index (χ1) is 22.6. The number of esters is 1. The minimum atomic E-state index is -1.54. The summed E-state index contributed by atoms with van der Waals surface area (Å²) in [6.45, 7) is 0.305. The second-order valence-electron chi connectivity index (χ2n) is 12.5. The molecule has 2 fully saturated rings. The van der Waals surface area contributed by atoms with Gasteiger partial charge in [0.25, 0.3) is 0 Å². The molecule has 0 aromatic heterocycles. The number of hydrogen-bond acceptors (Lipinski definition) is 13. The van der Waals surface area contributed by atoms with Crippen LogP contribution < -0.4 is 0 Å². The van der Waals surface area contributed by atoms with Crippen molar-refractivity contribution in [2.75, 3.05) is 33.0 Å². The molecule has 0 aliphatic carbocycles. The zero-order valence-electron chi connectivity index (χ0n) is 27.6. The Balaban J connectivity index is 1.70. The summed E-state index contributed by atoms with van der Waals surface area (Å²) in [5, 5.41) is 69.9. The third kappa shape index (κ3) is 15.6. The van der Waals surface area contributed by atoms with Gasteiger partial charge >= 0.3 is 11.9 Å². The van der Waals surface area contributed by atoms with Crippen LogP contribution in [0.4, 0.5) is 0 Å². The van der Waals surface area contributed by atoms with Crippen LogP contribution >= 0.6 is 0 Å². The summed E-state index contributed by atoms with van der Waals surface area (Å²) in [5.74, 6) is -2.13. The third-order valence-electron chi connectivity index (χ3n) is 8.59. The largest absolute Gasteiger partial charge is 0.481 e. The Morgan fingerprint density at radius 3 is 1.83 bits per heavy atom. The van der Waals surface area contributed by atoms with Crippen LogP contribution in [0.2, 0.25) is 0 Å².